The van der Waals surface area contributed by atoms with Gasteiger partial charge in [-0.25, -0.2) is 9.97 Å². The molecule has 6 rings (SSSR count). The largest absolute Gasteiger partial charge is 0.382 e. The highest BCUT2D eigenvalue weighted by atomic mass is 15.2. The maximum atomic E-state index is 4.97. The van der Waals surface area contributed by atoms with Crippen LogP contribution in [-0.2, 0) is 0 Å². The van der Waals surface area contributed by atoms with Gasteiger partial charge in [0.15, 0.2) is 11.6 Å². The van der Waals surface area contributed by atoms with Crippen molar-refractivity contribution < 1.29 is 0 Å². The van der Waals surface area contributed by atoms with E-state index >= 15 is 0 Å². The van der Waals surface area contributed by atoms with Crippen LogP contribution in [0.25, 0.3) is 44.6 Å². The zero-order valence-corrected chi connectivity index (χ0v) is 19.5. The third kappa shape index (κ3) is 3.75. The fourth-order valence-corrected chi connectivity index (χ4v) is 4.75. The molecule has 1 aliphatic heterocycles. The van der Waals surface area contributed by atoms with Gasteiger partial charge in [0.05, 0.1) is 16.7 Å². The number of piperidine rings is 1. The van der Waals surface area contributed by atoms with Crippen molar-refractivity contribution in [2.24, 2.45) is 0 Å². The van der Waals surface area contributed by atoms with Gasteiger partial charge in [0.1, 0.15) is 11.2 Å². The van der Waals surface area contributed by atoms with E-state index in [1.54, 1.807) is 0 Å². The van der Waals surface area contributed by atoms with Crippen molar-refractivity contribution in [2.45, 2.75) is 39.2 Å². The molecule has 3 N–H and O–H groups in total. The number of hydrogen-bond acceptors (Lipinski definition) is 6. The molecular formula is C26H28N8. The first-order valence-electron chi connectivity index (χ1n) is 12.0. The Balaban J connectivity index is 1.41. The molecular weight excluding hydrogens is 424 g/mol. The Labute approximate surface area is 197 Å². The quantitative estimate of drug-likeness (QED) is 0.331. The third-order valence-electron chi connectivity index (χ3n) is 6.35. The van der Waals surface area contributed by atoms with E-state index < -0.39 is 0 Å². The predicted octanol–water partition coefficient (Wildman–Crippen LogP) is 5.37. The summed E-state index contributed by atoms with van der Waals surface area (Å²) in [7, 11) is 0. The number of imidazole rings is 1. The van der Waals surface area contributed by atoms with E-state index in [9.17, 15) is 0 Å². The minimum absolute atomic E-state index is 0.345. The minimum atomic E-state index is 0.345. The smallest absolute Gasteiger partial charge is 0.159 e. The molecule has 1 saturated heterocycles. The highest BCUT2D eigenvalue weighted by Crippen LogP contribution is 2.33. The lowest BCUT2D eigenvalue weighted by Gasteiger charge is -2.27. The van der Waals surface area contributed by atoms with E-state index in [0.29, 0.717) is 6.04 Å². The van der Waals surface area contributed by atoms with E-state index in [2.05, 4.69) is 73.5 Å². The Bertz CT molecular complexity index is 1460. The molecule has 0 aliphatic carbocycles. The summed E-state index contributed by atoms with van der Waals surface area (Å²) in [5.74, 6) is 1.71. The van der Waals surface area contributed by atoms with E-state index in [-0.39, 0.29) is 0 Å². The number of rotatable bonds is 5. The van der Waals surface area contributed by atoms with Gasteiger partial charge in [-0.3, -0.25) is 10.1 Å². The molecule has 172 valence electrons. The van der Waals surface area contributed by atoms with Gasteiger partial charge in [-0.15, -0.1) is 0 Å². The summed E-state index contributed by atoms with van der Waals surface area (Å²) in [5, 5.41) is 12.2. The van der Waals surface area contributed by atoms with E-state index in [1.165, 1.54) is 19.3 Å². The molecule has 0 radical (unpaired) electrons. The summed E-state index contributed by atoms with van der Waals surface area (Å²) in [5.41, 5.74) is 6.82. The molecule has 0 spiro atoms. The van der Waals surface area contributed by atoms with Crippen LogP contribution in [0, 0.1) is 0 Å². The molecule has 5 aromatic rings. The van der Waals surface area contributed by atoms with Gasteiger partial charge in [-0.1, -0.05) is 6.07 Å². The number of aromatic amines is 2. The number of aromatic nitrogens is 6. The SMILES string of the molecule is CC(C)Nc1cncc(-c2ccc3[nH]nc(-c4nc5c(N6CCCCC6)nccc5[nH]4)c3c2)c1. The molecule has 0 bridgehead atoms. The summed E-state index contributed by atoms with van der Waals surface area (Å²) >= 11 is 0. The molecule has 1 fully saturated rings. The second-order valence-electron chi connectivity index (χ2n) is 9.26. The lowest BCUT2D eigenvalue weighted by atomic mass is 10.0. The topological polar surface area (TPSA) is 98.4 Å². The fourth-order valence-electron chi connectivity index (χ4n) is 4.75. The zero-order valence-electron chi connectivity index (χ0n) is 19.5. The van der Waals surface area contributed by atoms with Crippen molar-refractivity contribution >= 4 is 33.4 Å². The Morgan fingerprint density at radius 3 is 2.71 bits per heavy atom. The van der Waals surface area contributed by atoms with Crippen LogP contribution < -0.4 is 10.2 Å². The zero-order chi connectivity index (χ0) is 23.1. The van der Waals surface area contributed by atoms with Gasteiger partial charge >= 0.3 is 0 Å². The number of nitrogens with zero attached hydrogens (tertiary/aromatic N) is 5. The predicted molar refractivity (Wildman–Crippen MR) is 137 cm³/mol. The second-order valence-corrected chi connectivity index (χ2v) is 9.26. The van der Waals surface area contributed by atoms with Crippen molar-refractivity contribution in [3.8, 4) is 22.6 Å². The van der Waals surface area contributed by atoms with Crippen LogP contribution in [0.3, 0.4) is 0 Å². The highest BCUT2D eigenvalue weighted by molar-refractivity contribution is 5.97. The lowest BCUT2D eigenvalue weighted by Crippen LogP contribution is -2.30. The van der Waals surface area contributed by atoms with Crippen LogP contribution >= 0.6 is 0 Å². The van der Waals surface area contributed by atoms with Crippen molar-refractivity contribution in [3.63, 3.8) is 0 Å². The van der Waals surface area contributed by atoms with Crippen LogP contribution in [0.1, 0.15) is 33.1 Å². The molecule has 0 amide bonds. The average molecular weight is 453 g/mol. The highest BCUT2D eigenvalue weighted by Gasteiger charge is 2.19. The number of benzene rings is 1. The van der Waals surface area contributed by atoms with E-state index in [0.717, 1.165) is 69.2 Å². The summed E-state index contributed by atoms with van der Waals surface area (Å²) in [6.07, 6.45) is 9.29. The number of pyridine rings is 2. The van der Waals surface area contributed by atoms with Crippen LogP contribution in [0.15, 0.2) is 48.9 Å². The van der Waals surface area contributed by atoms with Crippen LogP contribution in [0.2, 0.25) is 0 Å². The van der Waals surface area contributed by atoms with Crippen LogP contribution in [0.5, 0.6) is 0 Å². The molecule has 1 aromatic carbocycles. The average Bonchev–Trinajstić information content (AvgIpc) is 3.48. The Morgan fingerprint density at radius 1 is 0.971 bits per heavy atom. The second kappa shape index (κ2) is 8.44. The first-order chi connectivity index (χ1) is 16.7. The maximum Gasteiger partial charge on any atom is 0.159 e. The van der Waals surface area contributed by atoms with Crippen molar-refractivity contribution in [1.82, 2.24) is 30.1 Å². The maximum absolute atomic E-state index is 4.97. The molecule has 0 saturated carbocycles. The fraction of sp³-hybridized carbons (Fsp3) is 0.308. The van der Waals surface area contributed by atoms with E-state index in [1.807, 2.05) is 24.7 Å². The third-order valence-corrected chi connectivity index (χ3v) is 6.35. The van der Waals surface area contributed by atoms with Gasteiger partial charge < -0.3 is 15.2 Å². The molecule has 0 atom stereocenters. The van der Waals surface area contributed by atoms with Crippen molar-refractivity contribution in [1.29, 1.82) is 0 Å². The van der Waals surface area contributed by atoms with Crippen molar-refractivity contribution in [2.75, 3.05) is 23.3 Å². The lowest BCUT2D eigenvalue weighted by molar-refractivity contribution is 0.574. The molecule has 5 heterocycles. The number of H-pyrrole nitrogens is 2. The Morgan fingerprint density at radius 2 is 1.85 bits per heavy atom. The van der Waals surface area contributed by atoms with E-state index in [4.69, 9.17) is 4.98 Å². The summed E-state index contributed by atoms with van der Waals surface area (Å²) in [6, 6.07) is 10.8. The first kappa shape index (κ1) is 20.7. The number of fused-ring (bicyclic) bond motifs is 2. The first-order valence-corrected chi connectivity index (χ1v) is 12.0. The normalized spacial score (nSPS) is 14.4. The molecule has 8 nitrogen and oxygen atoms in total. The molecule has 34 heavy (non-hydrogen) atoms. The summed E-state index contributed by atoms with van der Waals surface area (Å²) < 4.78 is 0. The minimum Gasteiger partial charge on any atom is -0.382 e. The monoisotopic (exact) mass is 452 g/mol. The summed E-state index contributed by atoms with van der Waals surface area (Å²) in [4.78, 5) is 19.9. The number of hydrogen-bond donors (Lipinski definition) is 3. The standard InChI is InChI=1S/C26H28N8/c1-16(2)29-19-12-18(14-27-15-19)17-6-7-21-20(13-17)23(33-32-21)25-30-22-8-9-28-26(24(22)31-25)34-10-4-3-5-11-34/h6-9,12-16,29H,3-5,10-11H2,1-2H3,(H,30,31)(H,32,33). The van der Waals surface area contributed by atoms with Gasteiger partial charge in [0.25, 0.3) is 0 Å². The number of anilines is 2. The molecule has 0 unspecified atom stereocenters. The van der Waals surface area contributed by atoms with Crippen molar-refractivity contribution in [3.05, 3.63) is 48.9 Å². The van der Waals surface area contributed by atoms with Gasteiger partial charge in [-0.2, -0.15) is 5.10 Å². The van der Waals surface area contributed by atoms with Crippen LogP contribution in [0.4, 0.5) is 11.5 Å². The number of nitrogens with one attached hydrogen (secondary N) is 3. The summed E-state index contributed by atoms with van der Waals surface area (Å²) in [6.45, 7) is 6.30. The molecule has 1 aliphatic rings. The van der Waals surface area contributed by atoms with Gasteiger partial charge in [0.2, 0.25) is 0 Å². The molecule has 4 aromatic heterocycles. The Hall–Kier alpha value is -3.94. The van der Waals surface area contributed by atoms with Gasteiger partial charge in [0, 0.05) is 48.7 Å². The molecule has 8 heteroatoms. The van der Waals surface area contributed by atoms with Crippen LogP contribution in [-0.4, -0.2) is 49.3 Å². The Kier molecular flexibility index (Phi) is 5.13. The van der Waals surface area contributed by atoms with Gasteiger partial charge in [-0.05, 0) is 62.9 Å².